The van der Waals surface area contributed by atoms with Crippen LogP contribution >= 0.6 is 11.6 Å². The Bertz CT molecular complexity index is 1080. The molecule has 0 unspecified atom stereocenters. The minimum Gasteiger partial charge on any atom is -0.478 e. The Morgan fingerprint density at radius 3 is 2.76 bits per heavy atom. The molecule has 0 radical (unpaired) electrons. The molecule has 2 aromatic heterocycles. The van der Waals surface area contributed by atoms with Gasteiger partial charge in [0.05, 0.1) is 29.5 Å². The molecular weight excluding hydrogens is 446 g/mol. The molecule has 0 saturated carbocycles. The maximum absolute atomic E-state index is 12.6. The van der Waals surface area contributed by atoms with Gasteiger partial charge in [-0.05, 0) is 43.9 Å². The smallest absolute Gasteiger partial charge is 0.337 e. The SMILES string of the molecule is CC[C@@H](N)c1cnc(C#N)c(Cl)c1.C[C@H]1CCCN1C(=O)c1cc(C(=O)O)c2n1CCOC2. The van der Waals surface area contributed by atoms with E-state index in [-0.39, 0.29) is 35.9 Å². The molecule has 1 amide bonds. The van der Waals surface area contributed by atoms with E-state index in [0.717, 1.165) is 31.4 Å². The normalized spacial score (nSPS) is 18.0. The van der Waals surface area contributed by atoms with Crippen molar-refractivity contribution in [2.45, 2.75) is 58.3 Å². The highest BCUT2D eigenvalue weighted by molar-refractivity contribution is 6.31. The zero-order valence-electron chi connectivity index (χ0n) is 18.8. The number of pyridine rings is 1. The Kier molecular flexibility index (Phi) is 8.08. The van der Waals surface area contributed by atoms with Gasteiger partial charge >= 0.3 is 5.97 Å². The molecule has 10 heteroatoms. The Morgan fingerprint density at radius 2 is 2.18 bits per heavy atom. The van der Waals surface area contributed by atoms with Crippen LogP contribution in [-0.2, 0) is 17.9 Å². The number of carbonyl (C=O) groups is 2. The van der Waals surface area contributed by atoms with Crippen LogP contribution in [0.5, 0.6) is 0 Å². The summed E-state index contributed by atoms with van der Waals surface area (Å²) < 4.78 is 7.12. The van der Waals surface area contributed by atoms with Crippen molar-refractivity contribution in [1.82, 2.24) is 14.5 Å². The van der Waals surface area contributed by atoms with E-state index in [9.17, 15) is 14.7 Å². The summed E-state index contributed by atoms with van der Waals surface area (Å²) in [6, 6.07) is 5.26. The number of nitrogens with zero attached hydrogens (tertiary/aromatic N) is 4. The number of aromatic nitrogens is 2. The van der Waals surface area contributed by atoms with E-state index in [1.807, 2.05) is 24.8 Å². The van der Waals surface area contributed by atoms with Crippen LogP contribution in [0.3, 0.4) is 0 Å². The summed E-state index contributed by atoms with van der Waals surface area (Å²) in [7, 11) is 0. The molecule has 2 atom stereocenters. The van der Waals surface area contributed by atoms with E-state index < -0.39 is 5.97 Å². The van der Waals surface area contributed by atoms with Gasteiger partial charge in [0.1, 0.15) is 11.8 Å². The minimum absolute atomic E-state index is 0.0576. The lowest BCUT2D eigenvalue weighted by Gasteiger charge is -2.24. The first kappa shape index (κ1) is 24.7. The summed E-state index contributed by atoms with van der Waals surface area (Å²) in [5.74, 6) is -1.07. The first-order chi connectivity index (χ1) is 15.8. The third-order valence-corrected chi connectivity index (χ3v) is 6.29. The fourth-order valence-corrected chi connectivity index (χ4v) is 4.26. The van der Waals surface area contributed by atoms with E-state index in [4.69, 9.17) is 27.3 Å². The molecule has 4 heterocycles. The first-order valence-corrected chi connectivity index (χ1v) is 11.3. The van der Waals surface area contributed by atoms with Crippen molar-refractivity contribution in [3.05, 3.63) is 51.6 Å². The number of ether oxygens (including phenoxy) is 1. The number of carboxylic acid groups (broad SMARTS) is 1. The van der Waals surface area contributed by atoms with Gasteiger partial charge in [-0.3, -0.25) is 4.79 Å². The second-order valence-corrected chi connectivity index (χ2v) is 8.52. The van der Waals surface area contributed by atoms with Crippen molar-refractivity contribution < 1.29 is 19.4 Å². The average molecular weight is 474 g/mol. The monoisotopic (exact) mass is 473 g/mol. The summed E-state index contributed by atoms with van der Waals surface area (Å²) >= 11 is 5.79. The predicted molar refractivity (Wildman–Crippen MR) is 122 cm³/mol. The zero-order chi connectivity index (χ0) is 24.1. The molecule has 2 aliphatic heterocycles. The minimum atomic E-state index is -1.01. The number of nitriles is 1. The number of aromatic carboxylic acids is 1. The number of hydrogen-bond acceptors (Lipinski definition) is 6. The molecule has 33 heavy (non-hydrogen) atoms. The molecule has 176 valence electrons. The van der Waals surface area contributed by atoms with Crippen LogP contribution in [0.4, 0.5) is 0 Å². The fourth-order valence-electron chi connectivity index (χ4n) is 4.04. The number of fused-ring (bicyclic) bond motifs is 1. The van der Waals surface area contributed by atoms with Gasteiger partial charge in [0.15, 0.2) is 5.69 Å². The highest BCUT2D eigenvalue weighted by Crippen LogP contribution is 2.25. The van der Waals surface area contributed by atoms with Gasteiger partial charge in [-0.25, -0.2) is 9.78 Å². The fraction of sp³-hybridized carbons (Fsp3) is 0.478. The molecule has 0 bridgehead atoms. The van der Waals surface area contributed by atoms with Gasteiger partial charge in [-0.1, -0.05) is 18.5 Å². The molecule has 2 aliphatic rings. The lowest BCUT2D eigenvalue weighted by molar-refractivity contribution is 0.0640. The van der Waals surface area contributed by atoms with Crippen molar-refractivity contribution in [2.75, 3.05) is 13.2 Å². The standard InChI is InChI=1S/C14H18N2O4.C9H10ClN3/c1-9-3-2-4-15(9)13(17)11-7-10(14(18)19)12-8-20-6-5-16(11)12;1-2-8(12)6-3-7(10)9(4-11)13-5-6/h7,9H,2-6,8H2,1H3,(H,18,19);3,5,8H,2,12H2,1H3/t9-;8-/m01/s1. The molecule has 0 aliphatic carbocycles. The number of rotatable bonds is 4. The van der Waals surface area contributed by atoms with Gasteiger partial charge in [0, 0.05) is 31.4 Å². The van der Waals surface area contributed by atoms with Gasteiger partial charge < -0.3 is 25.0 Å². The van der Waals surface area contributed by atoms with Gasteiger partial charge in [-0.2, -0.15) is 5.26 Å². The Labute approximate surface area is 197 Å². The second-order valence-electron chi connectivity index (χ2n) is 8.11. The van der Waals surface area contributed by atoms with Gasteiger partial charge in [0.2, 0.25) is 0 Å². The predicted octanol–water partition coefficient (Wildman–Crippen LogP) is 3.36. The van der Waals surface area contributed by atoms with E-state index in [1.54, 1.807) is 16.8 Å². The van der Waals surface area contributed by atoms with Crippen LogP contribution in [0.25, 0.3) is 0 Å². The molecule has 2 aromatic rings. The molecule has 0 spiro atoms. The van der Waals surface area contributed by atoms with Crippen LogP contribution in [-0.4, -0.2) is 50.6 Å². The summed E-state index contributed by atoms with van der Waals surface area (Å²) in [6.45, 7) is 6.06. The third-order valence-electron chi connectivity index (χ3n) is 6.01. The highest BCUT2D eigenvalue weighted by atomic mass is 35.5. The Hall–Kier alpha value is -2.93. The van der Waals surface area contributed by atoms with Crippen LogP contribution in [0.1, 0.15) is 76.9 Å². The number of amides is 1. The van der Waals surface area contributed by atoms with E-state index in [0.29, 0.717) is 29.6 Å². The summed E-state index contributed by atoms with van der Waals surface area (Å²) in [4.78, 5) is 29.7. The molecule has 4 rings (SSSR count). The molecule has 9 nitrogen and oxygen atoms in total. The second kappa shape index (κ2) is 10.8. The summed E-state index contributed by atoms with van der Waals surface area (Å²) in [6.07, 6.45) is 4.44. The number of nitrogens with two attached hydrogens (primary N) is 1. The number of halogens is 1. The molecular formula is C23H28ClN5O4. The largest absolute Gasteiger partial charge is 0.478 e. The maximum atomic E-state index is 12.6. The van der Waals surface area contributed by atoms with Crippen molar-refractivity contribution in [2.24, 2.45) is 5.73 Å². The van der Waals surface area contributed by atoms with Crippen molar-refractivity contribution in [3.8, 4) is 6.07 Å². The lowest BCUT2D eigenvalue weighted by atomic mass is 10.1. The molecule has 1 fully saturated rings. The number of carbonyl (C=O) groups excluding carboxylic acids is 1. The van der Waals surface area contributed by atoms with Crippen LogP contribution in [0, 0.1) is 11.3 Å². The maximum Gasteiger partial charge on any atom is 0.337 e. The number of hydrogen-bond donors (Lipinski definition) is 2. The van der Waals surface area contributed by atoms with E-state index in [1.165, 1.54) is 6.07 Å². The number of likely N-dealkylation sites (tertiary alicyclic amines) is 1. The average Bonchev–Trinajstić information content (AvgIpc) is 3.42. The van der Waals surface area contributed by atoms with Crippen molar-refractivity contribution >= 4 is 23.5 Å². The third kappa shape index (κ3) is 5.36. The first-order valence-electron chi connectivity index (χ1n) is 10.9. The van der Waals surface area contributed by atoms with Gasteiger partial charge in [0.25, 0.3) is 5.91 Å². The van der Waals surface area contributed by atoms with E-state index >= 15 is 0 Å². The van der Waals surface area contributed by atoms with Crippen LogP contribution < -0.4 is 5.73 Å². The Morgan fingerprint density at radius 1 is 1.42 bits per heavy atom. The zero-order valence-corrected chi connectivity index (χ0v) is 19.5. The summed E-state index contributed by atoms with van der Waals surface area (Å²) in [5, 5.41) is 18.2. The number of carboxylic acids is 1. The molecule has 1 saturated heterocycles. The molecule has 3 N–H and O–H groups in total. The lowest BCUT2D eigenvalue weighted by Crippen LogP contribution is -2.35. The van der Waals surface area contributed by atoms with E-state index in [2.05, 4.69) is 4.98 Å². The topological polar surface area (TPSA) is 134 Å². The van der Waals surface area contributed by atoms with Crippen molar-refractivity contribution in [3.63, 3.8) is 0 Å². The Balaban J connectivity index is 0.000000205. The van der Waals surface area contributed by atoms with Crippen LogP contribution in [0.2, 0.25) is 5.02 Å². The highest BCUT2D eigenvalue weighted by Gasteiger charge is 2.31. The van der Waals surface area contributed by atoms with Crippen LogP contribution in [0.15, 0.2) is 18.3 Å². The summed E-state index contributed by atoms with van der Waals surface area (Å²) in [5.41, 5.74) is 8.14. The van der Waals surface area contributed by atoms with Gasteiger partial charge in [-0.15, -0.1) is 0 Å². The quantitative estimate of drug-likeness (QED) is 0.695. The van der Waals surface area contributed by atoms with Crippen molar-refractivity contribution in [1.29, 1.82) is 5.26 Å². The molecule has 0 aromatic carbocycles.